The molecule has 0 fully saturated rings. The second kappa shape index (κ2) is 3.57. The highest BCUT2D eigenvalue weighted by Crippen LogP contribution is 2.03. The Hall–Kier alpha value is -1.36. The van der Waals surface area contributed by atoms with Gasteiger partial charge in [-0.1, -0.05) is 0 Å². The number of carboxylic acids is 1. The quantitative estimate of drug-likeness (QED) is 0.673. The Bertz CT molecular complexity index is 300. The summed E-state index contributed by atoms with van der Waals surface area (Å²) >= 11 is 0. The van der Waals surface area contributed by atoms with E-state index in [1.54, 1.807) is 4.68 Å². The van der Waals surface area contributed by atoms with Gasteiger partial charge >= 0.3 is 5.97 Å². The van der Waals surface area contributed by atoms with Crippen molar-refractivity contribution in [3.63, 3.8) is 0 Å². The van der Waals surface area contributed by atoms with Crippen LogP contribution in [0.15, 0.2) is 6.07 Å². The lowest BCUT2D eigenvalue weighted by atomic mass is 10.2. The minimum absolute atomic E-state index is 0.275. The highest BCUT2D eigenvalue weighted by Gasteiger charge is 2.14. The van der Waals surface area contributed by atoms with Crippen molar-refractivity contribution in [2.75, 3.05) is 0 Å². The van der Waals surface area contributed by atoms with E-state index in [4.69, 9.17) is 10.8 Å². The van der Waals surface area contributed by atoms with Gasteiger partial charge in [0.25, 0.3) is 0 Å². The molecule has 5 nitrogen and oxygen atoms in total. The van der Waals surface area contributed by atoms with Gasteiger partial charge in [0.05, 0.1) is 5.69 Å². The Morgan fingerprint density at radius 3 is 2.85 bits per heavy atom. The largest absolute Gasteiger partial charge is 0.480 e. The highest BCUT2D eigenvalue weighted by molar-refractivity contribution is 5.73. The van der Waals surface area contributed by atoms with Crippen molar-refractivity contribution in [3.05, 3.63) is 17.5 Å². The SMILES string of the molecule is Cc1cc(C[C@@H](N)C(=O)O)nn1C. The number of aliphatic carboxylic acids is 1. The summed E-state index contributed by atoms with van der Waals surface area (Å²) in [7, 11) is 1.81. The van der Waals surface area contributed by atoms with E-state index in [1.807, 2.05) is 20.0 Å². The molecule has 1 heterocycles. The molecule has 0 aliphatic heterocycles. The van der Waals surface area contributed by atoms with Gasteiger partial charge in [0, 0.05) is 19.2 Å². The lowest BCUT2D eigenvalue weighted by molar-refractivity contribution is -0.138. The Morgan fingerprint density at radius 2 is 2.46 bits per heavy atom. The summed E-state index contributed by atoms with van der Waals surface area (Å²) in [5, 5.41) is 12.7. The van der Waals surface area contributed by atoms with Gasteiger partial charge in [-0.2, -0.15) is 5.10 Å². The lowest BCUT2D eigenvalue weighted by Crippen LogP contribution is -2.32. The number of nitrogens with zero attached hydrogens (tertiary/aromatic N) is 2. The number of carbonyl (C=O) groups is 1. The van der Waals surface area contributed by atoms with Gasteiger partial charge in [-0.25, -0.2) is 0 Å². The van der Waals surface area contributed by atoms with Crippen molar-refractivity contribution in [2.45, 2.75) is 19.4 Å². The molecular weight excluding hydrogens is 170 g/mol. The van der Waals surface area contributed by atoms with Crippen molar-refractivity contribution in [1.29, 1.82) is 0 Å². The van der Waals surface area contributed by atoms with Gasteiger partial charge in [-0.05, 0) is 13.0 Å². The zero-order valence-corrected chi connectivity index (χ0v) is 7.69. The van der Waals surface area contributed by atoms with E-state index in [-0.39, 0.29) is 6.42 Å². The maximum atomic E-state index is 10.4. The number of aryl methyl sites for hydroxylation is 2. The van der Waals surface area contributed by atoms with Crippen LogP contribution in [-0.4, -0.2) is 26.9 Å². The normalized spacial score (nSPS) is 12.8. The Kier molecular flexibility index (Phi) is 2.67. The average molecular weight is 183 g/mol. The van der Waals surface area contributed by atoms with E-state index >= 15 is 0 Å². The average Bonchev–Trinajstić information content (AvgIpc) is 2.31. The third-order valence-corrected chi connectivity index (χ3v) is 1.91. The second-order valence-corrected chi connectivity index (χ2v) is 3.05. The molecular formula is C8H13N3O2. The van der Waals surface area contributed by atoms with E-state index in [1.165, 1.54) is 0 Å². The summed E-state index contributed by atoms with van der Waals surface area (Å²) in [6.07, 6.45) is 0.275. The molecule has 0 amide bonds. The first-order valence-corrected chi connectivity index (χ1v) is 3.98. The Balaban J connectivity index is 2.69. The number of carboxylic acid groups (broad SMARTS) is 1. The number of aromatic nitrogens is 2. The molecule has 72 valence electrons. The van der Waals surface area contributed by atoms with Crippen LogP contribution in [0.4, 0.5) is 0 Å². The first kappa shape index (κ1) is 9.73. The third-order valence-electron chi connectivity index (χ3n) is 1.91. The smallest absolute Gasteiger partial charge is 0.320 e. The van der Waals surface area contributed by atoms with Crippen LogP contribution < -0.4 is 5.73 Å². The van der Waals surface area contributed by atoms with E-state index in [0.717, 1.165) is 11.4 Å². The van der Waals surface area contributed by atoms with Crippen LogP contribution in [0, 0.1) is 6.92 Å². The topological polar surface area (TPSA) is 81.1 Å². The van der Waals surface area contributed by atoms with Crippen molar-refractivity contribution >= 4 is 5.97 Å². The molecule has 1 aromatic heterocycles. The van der Waals surface area contributed by atoms with Crippen LogP contribution in [0.25, 0.3) is 0 Å². The molecule has 0 aliphatic carbocycles. The van der Waals surface area contributed by atoms with E-state index < -0.39 is 12.0 Å². The summed E-state index contributed by atoms with van der Waals surface area (Å²) in [4.78, 5) is 10.4. The molecule has 5 heteroatoms. The zero-order valence-electron chi connectivity index (χ0n) is 7.69. The summed E-state index contributed by atoms with van der Waals surface area (Å²) in [6.45, 7) is 1.91. The van der Waals surface area contributed by atoms with Crippen molar-refractivity contribution in [2.24, 2.45) is 12.8 Å². The summed E-state index contributed by atoms with van der Waals surface area (Å²) in [5.74, 6) is -0.997. The third kappa shape index (κ3) is 2.29. The van der Waals surface area contributed by atoms with Crippen LogP contribution in [0.1, 0.15) is 11.4 Å². The first-order chi connectivity index (χ1) is 6.00. The summed E-state index contributed by atoms with van der Waals surface area (Å²) in [5.41, 5.74) is 7.07. The van der Waals surface area contributed by atoms with Crippen LogP contribution >= 0.6 is 0 Å². The molecule has 1 atom stereocenters. The second-order valence-electron chi connectivity index (χ2n) is 3.05. The maximum absolute atomic E-state index is 10.4. The maximum Gasteiger partial charge on any atom is 0.320 e. The monoisotopic (exact) mass is 183 g/mol. The molecule has 1 rings (SSSR count). The fourth-order valence-electron chi connectivity index (χ4n) is 1.05. The lowest BCUT2D eigenvalue weighted by Gasteiger charge is -2.01. The highest BCUT2D eigenvalue weighted by atomic mass is 16.4. The van der Waals surface area contributed by atoms with E-state index in [2.05, 4.69) is 5.10 Å². The first-order valence-electron chi connectivity index (χ1n) is 3.98. The summed E-state index contributed by atoms with van der Waals surface area (Å²) < 4.78 is 1.70. The van der Waals surface area contributed by atoms with Crippen molar-refractivity contribution in [1.82, 2.24) is 9.78 Å². The number of nitrogens with two attached hydrogens (primary N) is 1. The summed E-state index contributed by atoms with van der Waals surface area (Å²) in [6, 6.07) is 0.970. The molecule has 0 saturated heterocycles. The van der Waals surface area contributed by atoms with Gasteiger partial charge in [0.15, 0.2) is 0 Å². The molecule has 0 bridgehead atoms. The minimum atomic E-state index is -0.997. The number of hydrogen-bond donors (Lipinski definition) is 2. The molecule has 3 N–H and O–H groups in total. The van der Waals surface area contributed by atoms with Gasteiger partial charge in [-0.3, -0.25) is 9.48 Å². The molecule has 13 heavy (non-hydrogen) atoms. The Morgan fingerprint density at radius 1 is 1.85 bits per heavy atom. The molecule has 0 saturated carbocycles. The van der Waals surface area contributed by atoms with Crippen molar-refractivity contribution < 1.29 is 9.90 Å². The molecule has 0 unspecified atom stereocenters. The van der Waals surface area contributed by atoms with Crippen LogP contribution in [0.5, 0.6) is 0 Å². The standard InChI is InChI=1S/C8H13N3O2/c1-5-3-6(10-11(5)2)4-7(9)8(12)13/h3,7H,4,9H2,1-2H3,(H,12,13)/t7-/m1/s1. The van der Waals surface area contributed by atoms with Gasteiger partial charge in [-0.15, -0.1) is 0 Å². The van der Waals surface area contributed by atoms with E-state index in [9.17, 15) is 4.79 Å². The molecule has 0 aromatic carbocycles. The number of rotatable bonds is 3. The van der Waals surface area contributed by atoms with E-state index in [0.29, 0.717) is 0 Å². The predicted octanol–water partition coefficient (Wildman–Crippen LogP) is -0.317. The Labute approximate surface area is 76.2 Å². The zero-order chi connectivity index (χ0) is 10.0. The molecule has 1 aromatic rings. The predicted molar refractivity (Wildman–Crippen MR) is 47.3 cm³/mol. The van der Waals surface area contributed by atoms with Crippen LogP contribution in [0.2, 0.25) is 0 Å². The van der Waals surface area contributed by atoms with Gasteiger partial charge < -0.3 is 10.8 Å². The molecule has 0 radical (unpaired) electrons. The van der Waals surface area contributed by atoms with Crippen molar-refractivity contribution in [3.8, 4) is 0 Å². The fraction of sp³-hybridized carbons (Fsp3) is 0.500. The molecule has 0 aliphatic rings. The fourth-order valence-corrected chi connectivity index (χ4v) is 1.05. The van der Waals surface area contributed by atoms with Crippen LogP contribution in [0.3, 0.4) is 0 Å². The van der Waals surface area contributed by atoms with Gasteiger partial charge in [0.2, 0.25) is 0 Å². The van der Waals surface area contributed by atoms with Crippen LogP contribution in [-0.2, 0) is 18.3 Å². The molecule has 0 spiro atoms. The van der Waals surface area contributed by atoms with Gasteiger partial charge in [0.1, 0.15) is 6.04 Å². The number of hydrogen-bond acceptors (Lipinski definition) is 3. The minimum Gasteiger partial charge on any atom is -0.480 e.